The van der Waals surface area contributed by atoms with E-state index in [1.807, 2.05) is 60.7 Å². The Morgan fingerprint density at radius 2 is 1.25 bits per heavy atom. The number of amides is 3. The molecule has 0 spiro atoms. The van der Waals surface area contributed by atoms with E-state index in [9.17, 15) is 9.59 Å². The first-order valence-corrected chi connectivity index (χ1v) is 7.55. The molecule has 0 unspecified atom stereocenters. The number of anilines is 2. The highest BCUT2D eigenvalue weighted by molar-refractivity contribution is 6.04. The first-order valence-electron chi connectivity index (χ1n) is 7.55. The summed E-state index contributed by atoms with van der Waals surface area (Å²) < 4.78 is 0. The van der Waals surface area contributed by atoms with Gasteiger partial charge in [0, 0.05) is 21.0 Å². The van der Waals surface area contributed by atoms with E-state index < -0.39 is 6.03 Å². The molecular formula is C19H21N3O2. The Hall–Kier alpha value is -3.08. The molecule has 0 saturated heterocycles. The molecule has 5 nitrogen and oxygen atoms in total. The Morgan fingerprint density at radius 3 is 1.58 bits per heavy atom. The molecule has 5 heteroatoms. The summed E-state index contributed by atoms with van der Waals surface area (Å²) in [5, 5.41) is 0. The van der Waals surface area contributed by atoms with Crippen LogP contribution in [-0.4, -0.2) is 30.9 Å². The maximum absolute atomic E-state index is 11.8. The molecule has 2 aromatic carbocycles. The van der Waals surface area contributed by atoms with Crippen LogP contribution in [0.4, 0.5) is 16.2 Å². The van der Waals surface area contributed by atoms with E-state index in [1.165, 1.54) is 11.8 Å². The van der Waals surface area contributed by atoms with Crippen LogP contribution in [0.25, 0.3) is 12.2 Å². The van der Waals surface area contributed by atoms with Crippen molar-refractivity contribution in [1.82, 2.24) is 4.90 Å². The predicted octanol–water partition coefficient (Wildman–Crippen LogP) is 3.48. The van der Waals surface area contributed by atoms with Crippen molar-refractivity contribution in [3.8, 4) is 0 Å². The molecule has 124 valence electrons. The van der Waals surface area contributed by atoms with Crippen LogP contribution in [0.5, 0.6) is 0 Å². The minimum absolute atomic E-state index is 0.0926. The van der Waals surface area contributed by atoms with E-state index in [0.717, 1.165) is 22.5 Å². The summed E-state index contributed by atoms with van der Waals surface area (Å²) >= 11 is 0. The topological polar surface area (TPSA) is 66.6 Å². The number of para-hydroxylation sites is 2. The number of benzene rings is 2. The normalized spacial score (nSPS) is 11.4. The molecule has 1 aliphatic rings. The summed E-state index contributed by atoms with van der Waals surface area (Å²) in [7, 11) is 3.45. The Morgan fingerprint density at radius 1 is 0.875 bits per heavy atom. The van der Waals surface area contributed by atoms with Gasteiger partial charge in [0.1, 0.15) is 0 Å². The molecule has 24 heavy (non-hydrogen) atoms. The van der Waals surface area contributed by atoms with E-state index >= 15 is 0 Å². The highest BCUT2D eigenvalue weighted by atomic mass is 16.2. The standard InChI is InChI=1S/C15H12N2O.C4H9NO/c16-15(18)17-13-7-3-1-5-11(13)9-10-12-6-2-4-8-14(12)17;1-4(6)5(2)3/h1-10H,(H2,16,18);1-3H3. The summed E-state index contributed by atoms with van der Waals surface area (Å²) in [4.78, 5) is 24.9. The molecule has 0 radical (unpaired) electrons. The van der Waals surface area contributed by atoms with Crippen molar-refractivity contribution in [2.24, 2.45) is 5.73 Å². The van der Waals surface area contributed by atoms with Gasteiger partial charge < -0.3 is 10.6 Å². The van der Waals surface area contributed by atoms with Crippen LogP contribution in [0.1, 0.15) is 18.1 Å². The lowest BCUT2D eigenvalue weighted by Gasteiger charge is -2.22. The van der Waals surface area contributed by atoms with Crippen LogP contribution in [0.3, 0.4) is 0 Å². The number of hydrogen-bond donors (Lipinski definition) is 1. The van der Waals surface area contributed by atoms with Crippen LogP contribution in [0.15, 0.2) is 48.5 Å². The maximum atomic E-state index is 11.8. The number of nitrogens with zero attached hydrogens (tertiary/aromatic N) is 2. The molecule has 2 N–H and O–H groups in total. The fourth-order valence-corrected chi connectivity index (χ4v) is 2.21. The Balaban J connectivity index is 0.000000301. The van der Waals surface area contributed by atoms with Gasteiger partial charge in [0.25, 0.3) is 0 Å². The molecule has 0 atom stereocenters. The molecule has 3 amide bonds. The van der Waals surface area contributed by atoms with Crippen molar-refractivity contribution in [1.29, 1.82) is 0 Å². The van der Waals surface area contributed by atoms with Crippen LogP contribution >= 0.6 is 0 Å². The Labute approximate surface area is 142 Å². The quantitative estimate of drug-likeness (QED) is 0.806. The third-order valence-corrected chi connectivity index (χ3v) is 3.65. The minimum atomic E-state index is -0.474. The van der Waals surface area contributed by atoms with Gasteiger partial charge in [0.05, 0.1) is 11.4 Å². The molecule has 0 aliphatic carbocycles. The largest absolute Gasteiger partial charge is 0.351 e. The summed E-state index contributed by atoms with van der Waals surface area (Å²) in [6.45, 7) is 1.53. The average Bonchev–Trinajstić information content (AvgIpc) is 2.72. The van der Waals surface area contributed by atoms with Crippen molar-refractivity contribution in [3.63, 3.8) is 0 Å². The number of rotatable bonds is 0. The van der Waals surface area contributed by atoms with Crippen LogP contribution in [0, 0.1) is 0 Å². The van der Waals surface area contributed by atoms with Crippen molar-refractivity contribution in [3.05, 3.63) is 59.7 Å². The van der Waals surface area contributed by atoms with Gasteiger partial charge in [0.15, 0.2) is 0 Å². The van der Waals surface area contributed by atoms with Gasteiger partial charge in [-0.2, -0.15) is 0 Å². The van der Waals surface area contributed by atoms with Crippen LogP contribution in [-0.2, 0) is 4.79 Å². The number of nitrogens with two attached hydrogens (primary N) is 1. The van der Waals surface area contributed by atoms with Crippen LogP contribution in [0.2, 0.25) is 0 Å². The van der Waals surface area contributed by atoms with E-state index in [4.69, 9.17) is 5.73 Å². The molecule has 0 saturated carbocycles. The highest BCUT2D eigenvalue weighted by Gasteiger charge is 2.21. The van der Waals surface area contributed by atoms with Gasteiger partial charge in [-0.3, -0.25) is 9.69 Å². The minimum Gasteiger partial charge on any atom is -0.351 e. The molecule has 1 heterocycles. The molecule has 0 fully saturated rings. The Kier molecular flexibility index (Phi) is 5.37. The number of primary amides is 1. The summed E-state index contributed by atoms with van der Waals surface area (Å²) in [6.07, 6.45) is 3.99. The van der Waals surface area contributed by atoms with E-state index in [1.54, 1.807) is 19.0 Å². The zero-order valence-corrected chi connectivity index (χ0v) is 14.1. The van der Waals surface area contributed by atoms with E-state index in [2.05, 4.69) is 0 Å². The van der Waals surface area contributed by atoms with Gasteiger partial charge in [-0.05, 0) is 23.3 Å². The van der Waals surface area contributed by atoms with Crippen molar-refractivity contribution in [2.45, 2.75) is 6.92 Å². The number of urea groups is 1. The van der Waals surface area contributed by atoms with Crippen LogP contribution < -0.4 is 10.6 Å². The predicted molar refractivity (Wildman–Crippen MR) is 97.9 cm³/mol. The second-order valence-corrected chi connectivity index (χ2v) is 5.54. The molecule has 0 aromatic heterocycles. The fraction of sp³-hybridized carbons (Fsp3) is 0.158. The number of carbonyl (C=O) groups excluding carboxylic acids is 2. The van der Waals surface area contributed by atoms with Gasteiger partial charge in [-0.15, -0.1) is 0 Å². The molecule has 1 aliphatic heterocycles. The van der Waals surface area contributed by atoms with Gasteiger partial charge in [-0.1, -0.05) is 48.6 Å². The monoisotopic (exact) mass is 323 g/mol. The average molecular weight is 323 g/mol. The highest BCUT2D eigenvalue weighted by Crippen LogP contribution is 2.35. The first kappa shape index (κ1) is 17.3. The lowest BCUT2D eigenvalue weighted by atomic mass is 10.1. The molecule has 0 bridgehead atoms. The van der Waals surface area contributed by atoms with Gasteiger partial charge in [0.2, 0.25) is 5.91 Å². The van der Waals surface area contributed by atoms with Gasteiger partial charge in [-0.25, -0.2) is 4.79 Å². The lowest BCUT2D eigenvalue weighted by Crippen LogP contribution is -2.32. The second-order valence-electron chi connectivity index (χ2n) is 5.54. The first-order chi connectivity index (χ1) is 11.4. The van der Waals surface area contributed by atoms with Gasteiger partial charge >= 0.3 is 6.03 Å². The molecule has 3 rings (SSSR count). The number of carbonyl (C=O) groups is 2. The second kappa shape index (κ2) is 7.46. The maximum Gasteiger partial charge on any atom is 0.323 e. The zero-order chi connectivity index (χ0) is 17.7. The third kappa shape index (κ3) is 3.81. The number of fused-ring (bicyclic) bond motifs is 2. The summed E-state index contributed by atoms with van der Waals surface area (Å²) in [5.41, 5.74) is 9.11. The van der Waals surface area contributed by atoms with Crippen molar-refractivity contribution >= 4 is 35.5 Å². The summed E-state index contributed by atoms with van der Waals surface area (Å²) in [6, 6.07) is 14.9. The molecule has 2 aromatic rings. The van der Waals surface area contributed by atoms with E-state index in [0.29, 0.717) is 0 Å². The fourth-order valence-electron chi connectivity index (χ4n) is 2.21. The molecular weight excluding hydrogens is 302 g/mol. The van der Waals surface area contributed by atoms with Crippen molar-refractivity contribution < 1.29 is 9.59 Å². The van der Waals surface area contributed by atoms with E-state index in [-0.39, 0.29) is 5.91 Å². The number of hydrogen-bond acceptors (Lipinski definition) is 2. The smallest absolute Gasteiger partial charge is 0.323 e. The zero-order valence-electron chi connectivity index (χ0n) is 14.1. The lowest BCUT2D eigenvalue weighted by molar-refractivity contribution is -0.126. The van der Waals surface area contributed by atoms with Crippen molar-refractivity contribution in [2.75, 3.05) is 19.0 Å². The summed E-state index contributed by atoms with van der Waals surface area (Å²) in [5.74, 6) is 0.0926. The third-order valence-electron chi connectivity index (χ3n) is 3.65. The SMILES string of the molecule is CC(=O)N(C)C.NC(=O)N1c2ccccc2C=Cc2ccccc21. The Bertz CT molecular complexity index is 732.